The summed E-state index contributed by atoms with van der Waals surface area (Å²) >= 11 is 6.39. The zero-order valence-corrected chi connectivity index (χ0v) is 26.7. The maximum atomic E-state index is 11.7. The van der Waals surface area contributed by atoms with Crippen molar-refractivity contribution in [1.82, 2.24) is 4.90 Å². The van der Waals surface area contributed by atoms with E-state index in [1.54, 1.807) is 26.0 Å². The maximum absolute atomic E-state index is 11.7. The zero-order chi connectivity index (χ0) is 32.2. The molecule has 0 fully saturated rings. The smallest absolute Gasteiger partial charge is 0.335 e. The molecule has 1 atom stereocenters. The van der Waals surface area contributed by atoms with Crippen LogP contribution in [0, 0.1) is 5.41 Å². The molecule has 0 radical (unpaired) electrons. The lowest BCUT2D eigenvalue weighted by atomic mass is 9.88. The first-order valence-electron chi connectivity index (χ1n) is 15.4. The maximum Gasteiger partial charge on any atom is 0.335 e. The summed E-state index contributed by atoms with van der Waals surface area (Å²) in [7, 11) is 0. The summed E-state index contributed by atoms with van der Waals surface area (Å²) < 4.78 is 6.57. The molecule has 1 unspecified atom stereocenters. The third-order valence-corrected chi connectivity index (χ3v) is 8.36. The Hall–Kier alpha value is -3.97. The summed E-state index contributed by atoms with van der Waals surface area (Å²) in [6, 6.07) is 33.6. The number of carbonyl (C=O) groups is 2. The van der Waals surface area contributed by atoms with Crippen LogP contribution in [0.2, 0.25) is 5.02 Å². The molecular weight excluding hydrogens is 586 g/mol. The van der Waals surface area contributed by atoms with Crippen molar-refractivity contribution in [2.24, 2.45) is 5.41 Å². The minimum atomic E-state index is -0.965. The van der Waals surface area contributed by atoms with E-state index in [0.29, 0.717) is 44.1 Å². The second-order valence-electron chi connectivity index (χ2n) is 12.2. The van der Waals surface area contributed by atoms with Gasteiger partial charge in [0.1, 0.15) is 0 Å². The molecule has 4 aromatic rings. The van der Waals surface area contributed by atoms with Crippen LogP contribution in [0.4, 0.5) is 0 Å². The molecule has 0 amide bonds. The van der Waals surface area contributed by atoms with E-state index >= 15 is 0 Å². The summed E-state index contributed by atoms with van der Waals surface area (Å²) in [5.41, 5.74) is 5.00. The molecule has 0 bridgehead atoms. The van der Waals surface area contributed by atoms with Crippen molar-refractivity contribution in [2.75, 3.05) is 13.1 Å². The van der Waals surface area contributed by atoms with E-state index in [9.17, 15) is 19.8 Å². The molecule has 236 valence electrons. The SMILES string of the molecule is CC(C)(CCCN(Cc1ccc(C(=O)O)cc1)CC(OCc1ccc(CCc2ccccc2)cc1)c1cccc(Cl)c1)C(=O)O. The van der Waals surface area contributed by atoms with E-state index in [2.05, 4.69) is 53.4 Å². The molecule has 6 nitrogen and oxygen atoms in total. The number of aromatic carboxylic acids is 1. The van der Waals surface area contributed by atoms with Gasteiger partial charge in [-0.15, -0.1) is 0 Å². The number of halogens is 1. The molecule has 7 heteroatoms. The standard InChI is InChI=1S/C38H42ClNO5/c1-38(2,37(43)44)22-7-23-40(25-30-18-20-32(21-19-30)36(41)42)26-35(33-10-6-11-34(39)24-33)45-27-31-16-14-29(15-17-31)13-12-28-8-4-3-5-9-28/h3-6,8-11,14-21,24,35H,7,12-13,22-23,25-27H2,1-2H3,(H,41,42)(H,43,44). The normalized spacial score (nSPS) is 12.3. The molecule has 0 saturated carbocycles. The Morgan fingerprint density at radius 1 is 0.800 bits per heavy atom. The predicted molar refractivity (Wildman–Crippen MR) is 179 cm³/mol. The molecule has 0 aliphatic heterocycles. The zero-order valence-electron chi connectivity index (χ0n) is 26.0. The number of aliphatic carboxylic acids is 1. The van der Waals surface area contributed by atoms with Crippen LogP contribution in [0.5, 0.6) is 0 Å². The van der Waals surface area contributed by atoms with Crippen molar-refractivity contribution in [3.63, 3.8) is 0 Å². The number of carboxylic acid groups (broad SMARTS) is 2. The molecule has 0 heterocycles. The van der Waals surface area contributed by atoms with Gasteiger partial charge in [-0.05, 0) is 98.2 Å². The van der Waals surface area contributed by atoms with Crippen LogP contribution in [0.1, 0.15) is 71.0 Å². The number of hydrogen-bond acceptors (Lipinski definition) is 4. The fourth-order valence-electron chi connectivity index (χ4n) is 5.23. The Morgan fingerprint density at radius 3 is 2.04 bits per heavy atom. The summed E-state index contributed by atoms with van der Waals surface area (Å²) in [6.07, 6.45) is 2.87. The molecule has 0 spiro atoms. The Morgan fingerprint density at radius 2 is 1.42 bits per heavy atom. The topological polar surface area (TPSA) is 87.1 Å². The van der Waals surface area contributed by atoms with Crippen molar-refractivity contribution in [2.45, 2.75) is 58.8 Å². The first kappa shape index (κ1) is 33.9. The summed E-state index contributed by atoms with van der Waals surface area (Å²) in [5.74, 6) is -1.78. The highest BCUT2D eigenvalue weighted by Crippen LogP contribution is 2.27. The Labute approximate surface area is 271 Å². The molecular formula is C38H42ClNO5. The van der Waals surface area contributed by atoms with Crippen LogP contribution < -0.4 is 0 Å². The summed E-state index contributed by atoms with van der Waals surface area (Å²) in [6.45, 7) is 5.66. The van der Waals surface area contributed by atoms with Gasteiger partial charge >= 0.3 is 11.9 Å². The van der Waals surface area contributed by atoms with E-state index in [-0.39, 0.29) is 11.7 Å². The van der Waals surface area contributed by atoms with Gasteiger partial charge in [0.25, 0.3) is 0 Å². The highest BCUT2D eigenvalue weighted by molar-refractivity contribution is 6.30. The molecule has 0 aliphatic rings. The second kappa shape index (κ2) is 16.4. The van der Waals surface area contributed by atoms with Crippen molar-refractivity contribution < 1.29 is 24.5 Å². The number of benzene rings is 4. The third-order valence-electron chi connectivity index (χ3n) is 8.13. The van der Waals surface area contributed by atoms with Gasteiger partial charge in [-0.2, -0.15) is 0 Å². The molecule has 0 saturated heterocycles. The number of rotatable bonds is 17. The second-order valence-corrected chi connectivity index (χ2v) is 12.6. The average molecular weight is 628 g/mol. The van der Waals surface area contributed by atoms with Gasteiger partial charge in [0.05, 0.1) is 23.7 Å². The lowest BCUT2D eigenvalue weighted by Crippen LogP contribution is -2.32. The summed E-state index contributed by atoms with van der Waals surface area (Å²) in [5, 5.41) is 19.6. The number of hydrogen-bond donors (Lipinski definition) is 2. The molecule has 4 aromatic carbocycles. The summed E-state index contributed by atoms with van der Waals surface area (Å²) in [4.78, 5) is 25.3. The van der Waals surface area contributed by atoms with Crippen LogP contribution in [0.3, 0.4) is 0 Å². The molecule has 0 aromatic heterocycles. The lowest BCUT2D eigenvalue weighted by molar-refractivity contribution is -0.147. The Balaban J connectivity index is 1.48. The van der Waals surface area contributed by atoms with Crippen LogP contribution in [-0.2, 0) is 35.5 Å². The van der Waals surface area contributed by atoms with E-state index in [1.807, 2.05) is 42.5 Å². The number of nitrogens with zero attached hydrogens (tertiary/aromatic N) is 1. The van der Waals surface area contributed by atoms with Gasteiger partial charge in [0, 0.05) is 18.1 Å². The number of carboxylic acids is 2. The van der Waals surface area contributed by atoms with Gasteiger partial charge in [-0.1, -0.05) is 90.5 Å². The van der Waals surface area contributed by atoms with Crippen LogP contribution in [0.25, 0.3) is 0 Å². The van der Waals surface area contributed by atoms with Crippen molar-refractivity contribution in [1.29, 1.82) is 0 Å². The van der Waals surface area contributed by atoms with Crippen LogP contribution in [0.15, 0.2) is 103 Å². The first-order valence-corrected chi connectivity index (χ1v) is 15.7. The van der Waals surface area contributed by atoms with Gasteiger partial charge in [-0.25, -0.2) is 4.79 Å². The third kappa shape index (κ3) is 10.9. The van der Waals surface area contributed by atoms with Gasteiger partial charge < -0.3 is 14.9 Å². The van der Waals surface area contributed by atoms with Crippen molar-refractivity contribution in [3.05, 3.63) is 142 Å². The number of ether oxygens (including phenoxy) is 1. The highest BCUT2D eigenvalue weighted by atomic mass is 35.5. The minimum absolute atomic E-state index is 0.236. The molecule has 0 aliphatic carbocycles. The van der Waals surface area contributed by atoms with Crippen LogP contribution in [-0.4, -0.2) is 40.1 Å². The Kier molecular flexibility index (Phi) is 12.3. The fourth-order valence-corrected chi connectivity index (χ4v) is 5.42. The lowest BCUT2D eigenvalue weighted by Gasteiger charge is -2.29. The van der Waals surface area contributed by atoms with Gasteiger partial charge in [-0.3, -0.25) is 9.69 Å². The fraction of sp³-hybridized carbons (Fsp3) is 0.316. The number of aryl methyl sites for hydroxylation is 2. The van der Waals surface area contributed by atoms with E-state index in [4.69, 9.17) is 16.3 Å². The van der Waals surface area contributed by atoms with Gasteiger partial charge in [0.2, 0.25) is 0 Å². The predicted octanol–water partition coefficient (Wildman–Crippen LogP) is 8.47. The highest BCUT2D eigenvalue weighted by Gasteiger charge is 2.27. The largest absolute Gasteiger partial charge is 0.481 e. The molecule has 2 N–H and O–H groups in total. The molecule has 4 rings (SSSR count). The average Bonchev–Trinajstić information content (AvgIpc) is 3.03. The van der Waals surface area contributed by atoms with E-state index in [0.717, 1.165) is 29.5 Å². The Bertz CT molecular complexity index is 1520. The monoisotopic (exact) mass is 627 g/mol. The molecule has 45 heavy (non-hydrogen) atoms. The minimum Gasteiger partial charge on any atom is -0.481 e. The van der Waals surface area contributed by atoms with Gasteiger partial charge in [0.15, 0.2) is 0 Å². The first-order chi connectivity index (χ1) is 21.6. The van der Waals surface area contributed by atoms with E-state index < -0.39 is 17.4 Å². The quantitative estimate of drug-likeness (QED) is 0.122. The van der Waals surface area contributed by atoms with Crippen molar-refractivity contribution in [3.8, 4) is 0 Å². The van der Waals surface area contributed by atoms with Crippen LogP contribution >= 0.6 is 11.6 Å². The van der Waals surface area contributed by atoms with Crippen molar-refractivity contribution >= 4 is 23.5 Å². The van der Waals surface area contributed by atoms with E-state index in [1.165, 1.54) is 11.1 Å².